The van der Waals surface area contributed by atoms with Gasteiger partial charge in [0.05, 0.1) is 5.56 Å². The third-order valence-electron chi connectivity index (χ3n) is 3.93. The van der Waals surface area contributed by atoms with Gasteiger partial charge in [0.2, 0.25) is 0 Å². The third kappa shape index (κ3) is 3.50. The summed E-state index contributed by atoms with van der Waals surface area (Å²) < 4.78 is 0. The molecule has 0 spiro atoms. The Bertz CT molecular complexity index is 685. The first-order valence-corrected chi connectivity index (χ1v) is 7.47. The fourth-order valence-electron chi connectivity index (χ4n) is 2.54. The van der Waals surface area contributed by atoms with Crippen LogP contribution in [0.4, 0.5) is 0 Å². The van der Waals surface area contributed by atoms with Gasteiger partial charge in [-0.25, -0.2) is 4.98 Å². The van der Waals surface area contributed by atoms with Crippen LogP contribution in [-0.4, -0.2) is 16.9 Å². The fourth-order valence-corrected chi connectivity index (χ4v) is 2.54. The van der Waals surface area contributed by atoms with Gasteiger partial charge < -0.3 is 5.32 Å². The number of benzene rings is 1. The van der Waals surface area contributed by atoms with E-state index in [-0.39, 0.29) is 11.9 Å². The van der Waals surface area contributed by atoms with Gasteiger partial charge in [0, 0.05) is 12.2 Å². The van der Waals surface area contributed by atoms with Gasteiger partial charge in [-0.3, -0.25) is 4.79 Å². The molecule has 0 radical (unpaired) electrons. The van der Waals surface area contributed by atoms with E-state index in [9.17, 15) is 4.79 Å². The molecular formula is C18H17N3O. The van der Waals surface area contributed by atoms with Crippen LogP contribution < -0.4 is 5.32 Å². The number of nitrogens with one attached hydrogen (secondary N) is 1. The molecule has 0 aliphatic heterocycles. The molecule has 0 saturated heterocycles. The molecular weight excluding hydrogens is 274 g/mol. The second kappa shape index (κ2) is 6.40. The molecule has 22 heavy (non-hydrogen) atoms. The third-order valence-corrected chi connectivity index (χ3v) is 3.93. The van der Waals surface area contributed by atoms with Crippen LogP contribution in [0.25, 0.3) is 0 Å². The molecule has 1 heterocycles. The van der Waals surface area contributed by atoms with Gasteiger partial charge in [-0.1, -0.05) is 30.3 Å². The van der Waals surface area contributed by atoms with Crippen LogP contribution in [0.15, 0.2) is 48.7 Å². The molecule has 1 saturated carbocycles. The van der Waals surface area contributed by atoms with Gasteiger partial charge in [-0.05, 0) is 42.9 Å². The quantitative estimate of drug-likeness (QED) is 0.921. The maximum absolute atomic E-state index is 12.3. The van der Waals surface area contributed by atoms with E-state index in [2.05, 4.69) is 22.4 Å². The lowest BCUT2D eigenvalue weighted by atomic mass is 10.0. The van der Waals surface area contributed by atoms with E-state index in [0.29, 0.717) is 17.2 Å². The standard InChI is InChI=1S/C18H17N3O/c19-11-14-6-9-16(20-12-14)18(22)21-17(15-7-8-15)10-13-4-2-1-3-5-13/h1-6,9,12,15,17H,7-8,10H2,(H,21,22). The largest absolute Gasteiger partial charge is 0.347 e. The van der Waals surface area contributed by atoms with Gasteiger partial charge in [0.15, 0.2) is 0 Å². The van der Waals surface area contributed by atoms with Gasteiger partial charge in [0.25, 0.3) is 5.91 Å². The molecule has 1 fully saturated rings. The first-order valence-electron chi connectivity index (χ1n) is 7.47. The molecule has 1 aliphatic rings. The van der Waals surface area contributed by atoms with Crippen LogP contribution in [0.3, 0.4) is 0 Å². The summed E-state index contributed by atoms with van der Waals surface area (Å²) >= 11 is 0. The second-order valence-electron chi connectivity index (χ2n) is 5.65. The van der Waals surface area contributed by atoms with Gasteiger partial charge in [0.1, 0.15) is 11.8 Å². The highest BCUT2D eigenvalue weighted by Gasteiger charge is 2.32. The zero-order valence-electron chi connectivity index (χ0n) is 12.2. The Morgan fingerprint density at radius 2 is 2.05 bits per heavy atom. The van der Waals surface area contributed by atoms with E-state index in [1.807, 2.05) is 24.3 Å². The summed E-state index contributed by atoms with van der Waals surface area (Å²) in [5.74, 6) is 0.389. The number of hydrogen-bond donors (Lipinski definition) is 1. The van der Waals surface area contributed by atoms with Crippen molar-refractivity contribution in [1.82, 2.24) is 10.3 Å². The predicted octanol–water partition coefficient (Wildman–Crippen LogP) is 2.70. The SMILES string of the molecule is N#Cc1ccc(C(=O)NC(Cc2ccccc2)C2CC2)nc1. The average Bonchev–Trinajstić information content (AvgIpc) is 3.40. The molecule has 1 N–H and O–H groups in total. The van der Waals surface area contributed by atoms with Crippen LogP contribution in [0.5, 0.6) is 0 Å². The lowest BCUT2D eigenvalue weighted by Gasteiger charge is -2.18. The van der Waals surface area contributed by atoms with Crippen LogP contribution in [-0.2, 0) is 6.42 Å². The maximum Gasteiger partial charge on any atom is 0.270 e. The van der Waals surface area contributed by atoms with Crippen LogP contribution in [0.2, 0.25) is 0 Å². The van der Waals surface area contributed by atoms with Crippen molar-refractivity contribution in [1.29, 1.82) is 5.26 Å². The smallest absolute Gasteiger partial charge is 0.270 e. The summed E-state index contributed by atoms with van der Waals surface area (Å²) in [4.78, 5) is 16.4. The molecule has 1 aromatic heterocycles. The Morgan fingerprint density at radius 1 is 1.27 bits per heavy atom. The van der Waals surface area contributed by atoms with Crippen molar-refractivity contribution in [2.24, 2.45) is 5.92 Å². The van der Waals surface area contributed by atoms with Crippen LogP contribution in [0, 0.1) is 17.2 Å². The molecule has 2 aromatic rings. The molecule has 1 aliphatic carbocycles. The topological polar surface area (TPSA) is 65.8 Å². The second-order valence-corrected chi connectivity index (χ2v) is 5.65. The summed E-state index contributed by atoms with van der Waals surface area (Å²) in [6.45, 7) is 0. The summed E-state index contributed by atoms with van der Waals surface area (Å²) in [7, 11) is 0. The zero-order chi connectivity index (χ0) is 15.4. The number of nitrogens with zero attached hydrogens (tertiary/aromatic N) is 2. The van der Waals surface area contributed by atoms with E-state index in [0.717, 1.165) is 6.42 Å². The molecule has 3 rings (SSSR count). The lowest BCUT2D eigenvalue weighted by molar-refractivity contribution is 0.0927. The minimum atomic E-state index is -0.169. The molecule has 4 nitrogen and oxygen atoms in total. The summed E-state index contributed by atoms with van der Waals surface area (Å²) in [6, 6.07) is 15.6. The number of nitriles is 1. The van der Waals surface area contributed by atoms with E-state index < -0.39 is 0 Å². The first-order chi connectivity index (χ1) is 10.8. The Balaban J connectivity index is 1.68. The molecule has 1 atom stereocenters. The van der Waals surface area contributed by atoms with Gasteiger partial charge in [-0.15, -0.1) is 0 Å². The highest BCUT2D eigenvalue weighted by molar-refractivity contribution is 5.92. The highest BCUT2D eigenvalue weighted by Crippen LogP contribution is 2.34. The number of hydrogen-bond acceptors (Lipinski definition) is 3. The predicted molar refractivity (Wildman–Crippen MR) is 83.1 cm³/mol. The highest BCUT2D eigenvalue weighted by atomic mass is 16.1. The molecule has 0 bridgehead atoms. The number of rotatable bonds is 5. The molecule has 4 heteroatoms. The van der Waals surface area contributed by atoms with Crippen LogP contribution in [0.1, 0.15) is 34.5 Å². The minimum absolute atomic E-state index is 0.146. The van der Waals surface area contributed by atoms with Crippen molar-refractivity contribution >= 4 is 5.91 Å². The van der Waals surface area contributed by atoms with Crippen molar-refractivity contribution in [2.75, 3.05) is 0 Å². The monoisotopic (exact) mass is 291 g/mol. The number of amides is 1. The number of pyridine rings is 1. The van der Waals surface area contributed by atoms with E-state index in [1.165, 1.54) is 24.6 Å². The normalized spacial score (nSPS) is 14.9. The van der Waals surface area contributed by atoms with E-state index in [1.54, 1.807) is 12.1 Å². The van der Waals surface area contributed by atoms with Crippen molar-refractivity contribution in [2.45, 2.75) is 25.3 Å². The van der Waals surface area contributed by atoms with E-state index in [4.69, 9.17) is 5.26 Å². The van der Waals surface area contributed by atoms with E-state index >= 15 is 0 Å². The lowest BCUT2D eigenvalue weighted by Crippen LogP contribution is -2.38. The Labute approximate surface area is 129 Å². The Hall–Kier alpha value is -2.67. The van der Waals surface area contributed by atoms with Crippen molar-refractivity contribution in [3.8, 4) is 6.07 Å². The summed E-state index contributed by atoms with van der Waals surface area (Å²) in [5.41, 5.74) is 2.05. The molecule has 1 unspecified atom stereocenters. The average molecular weight is 291 g/mol. The molecule has 110 valence electrons. The minimum Gasteiger partial charge on any atom is -0.347 e. The number of aromatic nitrogens is 1. The van der Waals surface area contributed by atoms with Crippen molar-refractivity contribution in [3.63, 3.8) is 0 Å². The number of carbonyl (C=O) groups excluding carboxylic acids is 1. The molecule has 1 amide bonds. The zero-order valence-corrected chi connectivity index (χ0v) is 12.2. The van der Waals surface area contributed by atoms with Crippen molar-refractivity contribution < 1.29 is 4.79 Å². The maximum atomic E-state index is 12.3. The van der Waals surface area contributed by atoms with Gasteiger partial charge in [-0.2, -0.15) is 5.26 Å². The summed E-state index contributed by atoms with van der Waals surface area (Å²) in [5, 5.41) is 11.9. The molecule has 1 aromatic carbocycles. The van der Waals surface area contributed by atoms with Crippen molar-refractivity contribution in [3.05, 3.63) is 65.5 Å². The Kier molecular flexibility index (Phi) is 4.15. The fraction of sp³-hybridized carbons (Fsp3) is 0.278. The first kappa shape index (κ1) is 14.3. The Morgan fingerprint density at radius 3 is 2.64 bits per heavy atom. The van der Waals surface area contributed by atoms with Gasteiger partial charge >= 0.3 is 0 Å². The number of carbonyl (C=O) groups is 1. The van der Waals surface area contributed by atoms with Crippen LogP contribution >= 0.6 is 0 Å². The summed E-state index contributed by atoms with van der Waals surface area (Å²) in [6.07, 6.45) is 4.60.